The van der Waals surface area contributed by atoms with Crippen molar-refractivity contribution in [3.05, 3.63) is 23.8 Å². The third-order valence-corrected chi connectivity index (χ3v) is 4.21. The molecule has 2 aliphatic rings. The molecule has 3 nitrogen and oxygen atoms in total. The lowest BCUT2D eigenvalue weighted by Crippen LogP contribution is -2.41. The number of carbonyl (C=O) groups is 1. The number of anilines is 2. The molecule has 1 aliphatic carbocycles. The number of amides is 1. The van der Waals surface area contributed by atoms with Crippen LogP contribution in [0.3, 0.4) is 0 Å². The predicted octanol–water partition coefficient (Wildman–Crippen LogP) is 2.81. The highest BCUT2D eigenvalue weighted by Crippen LogP contribution is 2.34. The zero-order chi connectivity index (χ0) is 12.5. The van der Waals surface area contributed by atoms with Crippen molar-refractivity contribution in [2.75, 3.05) is 23.8 Å². The SMILES string of the molecule is CNc1ccc2c(c1)CCCN2C(=O)C1CCC1. The van der Waals surface area contributed by atoms with Crippen LogP contribution in [0.15, 0.2) is 18.2 Å². The Morgan fingerprint density at radius 3 is 2.83 bits per heavy atom. The van der Waals surface area contributed by atoms with Gasteiger partial charge in [0.2, 0.25) is 5.91 Å². The second-order valence-electron chi connectivity index (χ2n) is 5.31. The molecular weight excluding hydrogens is 224 g/mol. The lowest BCUT2D eigenvalue weighted by Gasteiger charge is -2.35. The number of hydrogen-bond acceptors (Lipinski definition) is 2. The molecule has 96 valence electrons. The van der Waals surface area contributed by atoms with E-state index in [1.807, 2.05) is 11.9 Å². The molecule has 0 aromatic heterocycles. The highest BCUT2D eigenvalue weighted by atomic mass is 16.2. The van der Waals surface area contributed by atoms with Crippen LogP contribution >= 0.6 is 0 Å². The van der Waals surface area contributed by atoms with Crippen molar-refractivity contribution in [3.8, 4) is 0 Å². The summed E-state index contributed by atoms with van der Waals surface area (Å²) in [5.41, 5.74) is 3.57. The molecule has 18 heavy (non-hydrogen) atoms. The topological polar surface area (TPSA) is 32.3 Å². The van der Waals surface area contributed by atoms with Crippen molar-refractivity contribution in [2.24, 2.45) is 5.92 Å². The molecule has 1 saturated carbocycles. The van der Waals surface area contributed by atoms with Crippen molar-refractivity contribution in [2.45, 2.75) is 32.1 Å². The number of carbonyl (C=O) groups excluding carboxylic acids is 1. The normalized spacial score (nSPS) is 19.1. The molecule has 0 bridgehead atoms. The van der Waals surface area contributed by atoms with E-state index in [9.17, 15) is 4.79 Å². The molecule has 0 saturated heterocycles. The number of benzene rings is 1. The molecule has 0 spiro atoms. The van der Waals surface area contributed by atoms with Gasteiger partial charge in [-0.1, -0.05) is 6.42 Å². The first-order chi connectivity index (χ1) is 8.79. The summed E-state index contributed by atoms with van der Waals surface area (Å²) in [6.45, 7) is 0.890. The van der Waals surface area contributed by atoms with E-state index in [4.69, 9.17) is 0 Å². The summed E-state index contributed by atoms with van der Waals surface area (Å²) in [6, 6.07) is 6.33. The molecular formula is C15H20N2O. The fourth-order valence-corrected chi connectivity index (χ4v) is 2.86. The van der Waals surface area contributed by atoms with Gasteiger partial charge in [0.1, 0.15) is 0 Å². The molecule has 1 fully saturated rings. The maximum Gasteiger partial charge on any atom is 0.230 e. The highest BCUT2D eigenvalue weighted by molar-refractivity contribution is 5.96. The molecule has 1 aromatic carbocycles. The molecule has 3 rings (SSSR count). The molecule has 0 atom stereocenters. The molecule has 1 N–H and O–H groups in total. The van der Waals surface area contributed by atoms with Gasteiger partial charge in [0.15, 0.2) is 0 Å². The largest absolute Gasteiger partial charge is 0.388 e. The second-order valence-corrected chi connectivity index (χ2v) is 5.31. The highest BCUT2D eigenvalue weighted by Gasteiger charge is 2.32. The maximum absolute atomic E-state index is 12.4. The molecule has 1 amide bonds. The predicted molar refractivity (Wildman–Crippen MR) is 74.0 cm³/mol. The fourth-order valence-electron chi connectivity index (χ4n) is 2.86. The Balaban J connectivity index is 1.89. The number of nitrogens with one attached hydrogen (secondary N) is 1. The van der Waals surface area contributed by atoms with E-state index in [1.165, 1.54) is 12.0 Å². The molecule has 1 aliphatic heterocycles. The van der Waals surface area contributed by atoms with E-state index < -0.39 is 0 Å². The number of aryl methyl sites for hydroxylation is 1. The number of fused-ring (bicyclic) bond motifs is 1. The minimum atomic E-state index is 0.292. The van der Waals surface area contributed by atoms with Gasteiger partial charge in [-0.05, 0) is 49.4 Å². The summed E-state index contributed by atoms with van der Waals surface area (Å²) >= 11 is 0. The van der Waals surface area contributed by atoms with Crippen molar-refractivity contribution in [1.29, 1.82) is 0 Å². The van der Waals surface area contributed by atoms with Crippen LogP contribution in [-0.4, -0.2) is 19.5 Å². The van der Waals surface area contributed by atoms with Gasteiger partial charge >= 0.3 is 0 Å². The fraction of sp³-hybridized carbons (Fsp3) is 0.533. The van der Waals surface area contributed by atoms with Gasteiger partial charge in [0, 0.05) is 30.9 Å². The van der Waals surface area contributed by atoms with Gasteiger partial charge in [0.25, 0.3) is 0 Å². The number of hydrogen-bond donors (Lipinski definition) is 1. The maximum atomic E-state index is 12.4. The Kier molecular flexibility index (Phi) is 2.98. The average Bonchev–Trinajstić information content (AvgIpc) is 2.35. The molecule has 0 radical (unpaired) electrons. The van der Waals surface area contributed by atoms with Crippen molar-refractivity contribution in [3.63, 3.8) is 0 Å². The van der Waals surface area contributed by atoms with Crippen LogP contribution in [0.1, 0.15) is 31.2 Å². The lowest BCUT2D eigenvalue weighted by molar-refractivity contribution is -0.124. The smallest absolute Gasteiger partial charge is 0.230 e. The Hall–Kier alpha value is -1.51. The number of nitrogens with zero attached hydrogens (tertiary/aromatic N) is 1. The van der Waals surface area contributed by atoms with Crippen molar-refractivity contribution >= 4 is 17.3 Å². The molecule has 1 aromatic rings. The minimum absolute atomic E-state index is 0.292. The molecule has 0 unspecified atom stereocenters. The lowest BCUT2D eigenvalue weighted by atomic mass is 9.83. The summed E-state index contributed by atoms with van der Waals surface area (Å²) in [4.78, 5) is 14.4. The first kappa shape index (κ1) is 11.6. The van der Waals surface area contributed by atoms with Crippen LogP contribution in [0.25, 0.3) is 0 Å². The number of rotatable bonds is 2. The monoisotopic (exact) mass is 244 g/mol. The summed E-state index contributed by atoms with van der Waals surface area (Å²) in [7, 11) is 1.93. The van der Waals surface area contributed by atoms with E-state index in [-0.39, 0.29) is 0 Å². The van der Waals surface area contributed by atoms with Gasteiger partial charge < -0.3 is 10.2 Å². The van der Waals surface area contributed by atoms with Gasteiger partial charge in [-0.25, -0.2) is 0 Å². The van der Waals surface area contributed by atoms with Crippen LogP contribution in [-0.2, 0) is 11.2 Å². The zero-order valence-electron chi connectivity index (χ0n) is 10.9. The van der Waals surface area contributed by atoms with Crippen LogP contribution in [0, 0.1) is 5.92 Å². The summed E-state index contributed by atoms with van der Waals surface area (Å²) in [5.74, 6) is 0.638. The Morgan fingerprint density at radius 1 is 1.33 bits per heavy atom. The third kappa shape index (κ3) is 1.88. The first-order valence-corrected chi connectivity index (χ1v) is 6.91. The summed E-state index contributed by atoms with van der Waals surface area (Å²) < 4.78 is 0. The van der Waals surface area contributed by atoms with Gasteiger partial charge in [-0.3, -0.25) is 4.79 Å². The molecule has 1 heterocycles. The van der Waals surface area contributed by atoms with E-state index >= 15 is 0 Å². The van der Waals surface area contributed by atoms with Gasteiger partial charge in [0.05, 0.1) is 0 Å². The van der Waals surface area contributed by atoms with E-state index in [2.05, 4.69) is 23.5 Å². The Labute approximate surface area is 108 Å². The van der Waals surface area contributed by atoms with Crippen molar-refractivity contribution < 1.29 is 4.79 Å². The second kappa shape index (κ2) is 4.63. The van der Waals surface area contributed by atoms with Crippen molar-refractivity contribution in [1.82, 2.24) is 0 Å². The van der Waals surface area contributed by atoms with Crippen LogP contribution in [0.2, 0.25) is 0 Å². The molecule has 3 heteroatoms. The van der Waals surface area contributed by atoms with Crippen LogP contribution in [0.5, 0.6) is 0 Å². The van der Waals surface area contributed by atoms with E-state index in [1.54, 1.807) is 0 Å². The minimum Gasteiger partial charge on any atom is -0.388 e. The summed E-state index contributed by atoms with van der Waals surface area (Å²) in [5, 5.41) is 3.16. The zero-order valence-corrected chi connectivity index (χ0v) is 10.9. The van der Waals surface area contributed by atoms with Gasteiger partial charge in [-0.2, -0.15) is 0 Å². The average molecular weight is 244 g/mol. The quantitative estimate of drug-likeness (QED) is 0.867. The first-order valence-electron chi connectivity index (χ1n) is 6.91. The van der Waals surface area contributed by atoms with E-state index in [0.29, 0.717) is 11.8 Å². The Morgan fingerprint density at radius 2 is 2.17 bits per heavy atom. The standard InChI is InChI=1S/C15H20N2O/c1-16-13-7-8-14-12(10-13)6-3-9-17(14)15(18)11-4-2-5-11/h7-8,10-11,16H,2-6,9H2,1H3. The Bertz CT molecular complexity index is 466. The van der Waals surface area contributed by atoms with Crippen LogP contribution < -0.4 is 10.2 Å². The van der Waals surface area contributed by atoms with Crippen LogP contribution in [0.4, 0.5) is 11.4 Å². The summed E-state index contributed by atoms with van der Waals surface area (Å²) in [6.07, 6.45) is 5.55. The van der Waals surface area contributed by atoms with E-state index in [0.717, 1.165) is 43.6 Å². The third-order valence-electron chi connectivity index (χ3n) is 4.21. The van der Waals surface area contributed by atoms with Gasteiger partial charge in [-0.15, -0.1) is 0 Å².